The van der Waals surface area contributed by atoms with Crippen molar-refractivity contribution in [1.82, 2.24) is 9.97 Å². The Morgan fingerprint density at radius 1 is 1.07 bits per heavy atom. The smallest absolute Gasteiger partial charge is 0.258 e. The van der Waals surface area contributed by atoms with Crippen molar-refractivity contribution in [3.05, 3.63) is 52.8 Å². The lowest BCUT2D eigenvalue weighted by Crippen LogP contribution is -1.94. The number of rotatable bonds is 2. The summed E-state index contributed by atoms with van der Waals surface area (Å²) in [5, 5.41) is 10.7. The summed E-state index contributed by atoms with van der Waals surface area (Å²) in [7, 11) is 0. The summed E-state index contributed by atoms with van der Waals surface area (Å²) in [5.41, 5.74) is 0.451. The average Bonchev–Trinajstić information content (AvgIpc) is 2.30. The molecule has 0 fully saturated rings. The van der Waals surface area contributed by atoms with Gasteiger partial charge in [0.2, 0.25) is 0 Å². The lowest BCUT2D eigenvalue weighted by atomic mass is 10.1. The van der Waals surface area contributed by atoms with E-state index in [9.17, 15) is 10.1 Å². The van der Waals surface area contributed by atoms with Crippen molar-refractivity contribution in [2.45, 2.75) is 0 Å². The standard InChI is InChI=1S/C10H7N3O2/c14-13(15)9-5-2-1-4-8(9)10-11-6-3-7-12-10/h1-7H. The third-order valence-electron chi connectivity index (χ3n) is 1.91. The first kappa shape index (κ1) is 9.26. The van der Waals surface area contributed by atoms with Gasteiger partial charge in [0.15, 0.2) is 5.82 Å². The third-order valence-corrected chi connectivity index (χ3v) is 1.91. The quantitative estimate of drug-likeness (QED) is 0.550. The highest BCUT2D eigenvalue weighted by Crippen LogP contribution is 2.25. The number of nitro benzene ring substituents is 1. The molecule has 1 aromatic carbocycles. The molecule has 0 N–H and O–H groups in total. The molecule has 0 radical (unpaired) electrons. The van der Waals surface area contributed by atoms with E-state index in [1.54, 1.807) is 36.7 Å². The fourth-order valence-electron chi connectivity index (χ4n) is 1.26. The molecule has 0 aliphatic rings. The van der Waals surface area contributed by atoms with Crippen LogP contribution in [-0.4, -0.2) is 14.9 Å². The Bertz CT molecular complexity index is 485. The Hall–Kier alpha value is -2.30. The van der Waals surface area contributed by atoms with E-state index in [0.717, 1.165) is 0 Å². The Kier molecular flexibility index (Phi) is 2.37. The first-order chi connectivity index (χ1) is 7.29. The number of aromatic nitrogens is 2. The molecule has 0 bridgehead atoms. The first-order valence-electron chi connectivity index (χ1n) is 4.30. The summed E-state index contributed by atoms with van der Waals surface area (Å²) >= 11 is 0. The molecule has 1 aromatic heterocycles. The Morgan fingerprint density at radius 2 is 1.73 bits per heavy atom. The summed E-state index contributed by atoms with van der Waals surface area (Å²) < 4.78 is 0. The summed E-state index contributed by atoms with van der Waals surface area (Å²) in [6.45, 7) is 0. The van der Waals surface area contributed by atoms with Crippen molar-refractivity contribution in [3.8, 4) is 11.4 Å². The molecule has 74 valence electrons. The topological polar surface area (TPSA) is 68.9 Å². The van der Waals surface area contributed by atoms with Crippen molar-refractivity contribution in [3.63, 3.8) is 0 Å². The highest BCUT2D eigenvalue weighted by molar-refractivity contribution is 5.67. The van der Waals surface area contributed by atoms with Crippen LogP contribution in [0.2, 0.25) is 0 Å². The number of para-hydroxylation sites is 1. The minimum atomic E-state index is -0.439. The van der Waals surface area contributed by atoms with Gasteiger partial charge in [-0.25, -0.2) is 9.97 Å². The zero-order chi connectivity index (χ0) is 10.7. The normalized spacial score (nSPS) is 9.87. The number of nitrogens with zero attached hydrogens (tertiary/aromatic N) is 3. The van der Waals surface area contributed by atoms with Gasteiger partial charge in [0.25, 0.3) is 5.69 Å². The van der Waals surface area contributed by atoms with E-state index in [2.05, 4.69) is 9.97 Å². The minimum Gasteiger partial charge on any atom is -0.258 e. The molecule has 0 spiro atoms. The molecule has 15 heavy (non-hydrogen) atoms. The van der Waals surface area contributed by atoms with E-state index in [4.69, 9.17) is 0 Å². The van der Waals surface area contributed by atoms with Gasteiger partial charge in [0.1, 0.15) is 0 Å². The molecular weight excluding hydrogens is 194 g/mol. The lowest BCUT2D eigenvalue weighted by molar-refractivity contribution is -0.384. The highest BCUT2D eigenvalue weighted by Gasteiger charge is 2.15. The van der Waals surface area contributed by atoms with E-state index >= 15 is 0 Å². The van der Waals surface area contributed by atoms with Gasteiger partial charge in [0, 0.05) is 18.5 Å². The van der Waals surface area contributed by atoms with Gasteiger partial charge in [-0.15, -0.1) is 0 Å². The summed E-state index contributed by atoms with van der Waals surface area (Å²) in [6.07, 6.45) is 3.11. The molecule has 2 rings (SSSR count). The van der Waals surface area contributed by atoms with E-state index in [0.29, 0.717) is 11.4 Å². The predicted octanol–water partition coefficient (Wildman–Crippen LogP) is 2.05. The molecule has 5 nitrogen and oxygen atoms in total. The lowest BCUT2D eigenvalue weighted by Gasteiger charge is -1.99. The Labute approximate surface area is 85.6 Å². The maximum Gasteiger partial charge on any atom is 0.280 e. The van der Waals surface area contributed by atoms with Crippen LogP contribution in [0.5, 0.6) is 0 Å². The molecule has 1 heterocycles. The second-order valence-electron chi connectivity index (χ2n) is 2.85. The van der Waals surface area contributed by atoms with Gasteiger partial charge < -0.3 is 0 Å². The van der Waals surface area contributed by atoms with Crippen LogP contribution in [-0.2, 0) is 0 Å². The van der Waals surface area contributed by atoms with Gasteiger partial charge >= 0.3 is 0 Å². The first-order valence-corrected chi connectivity index (χ1v) is 4.30. The minimum absolute atomic E-state index is 0.0173. The van der Waals surface area contributed by atoms with E-state index in [1.807, 2.05) is 0 Å². The van der Waals surface area contributed by atoms with Gasteiger partial charge in [-0.3, -0.25) is 10.1 Å². The van der Waals surface area contributed by atoms with Crippen LogP contribution in [0.15, 0.2) is 42.7 Å². The molecule has 5 heteroatoms. The molecular formula is C10H7N3O2. The van der Waals surface area contributed by atoms with E-state index < -0.39 is 4.92 Å². The summed E-state index contributed by atoms with van der Waals surface area (Å²) in [4.78, 5) is 18.3. The molecule has 0 atom stereocenters. The molecule has 0 saturated heterocycles. The van der Waals surface area contributed by atoms with Crippen molar-refractivity contribution in [2.75, 3.05) is 0 Å². The third kappa shape index (κ3) is 1.80. The monoisotopic (exact) mass is 201 g/mol. The van der Waals surface area contributed by atoms with Crippen LogP contribution < -0.4 is 0 Å². The number of nitro groups is 1. The average molecular weight is 201 g/mol. The number of benzene rings is 1. The SMILES string of the molecule is O=[N+]([O-])c1ccccc1-c1ncccn1. The van der Waals surface area contributed by atoms with Gasteiger partial charge in [-0.05, 0) is 12.1 Å². The zero-order valence-corrected chi connectivity index (χ0v) is 7.70. The van der Waals surface area contributed by atoms with Gasteiger partial charge in [-0.1, -0.05) is 12.1 Å². The summed E-state index contributed by atoms with van der Waals surface area (Å²) in [6, 6.07) is 8.07. The van der Waals surface area contributed by atoms with Crippen LogP contribution >= 0.6 is 0 Å². The number of hydrogen-bond donors (Lipinski definition) is 0. The summed E-state index contributed by atoms with van der Waals surface area (Å²) in [5.74, 6) is 0.366. The molecule has 0 aliphatic carbocycles. The predicted molar refractivity (Wildman–Crippen MR) is 54.1 cm³/mol. The van der Waals surface area contributed by atoms with E-state index in [-0.39, 0.29) is 5.69 Å². The Balaban J connectivity index is 2.58. The van der Waals surface area contributed by atoms with Crippen LogP contribution in [0.3, 0.4) is 0 Å². The molecule has 0 unspecified atom stereocenters. The second kappa shape index (κ2) is 3.83. The van der Waals surface area contributed by atoms with Gasteiger partial charge in [-0.2, -0.15) is 0 Å². The van der Waals surface area contributed by atoms with Crippen molar-refractivity contribution in [2.24, 2.45) is 0 Å². The second-order valence-corrected chi connectivity index (χ2v) is 2.85. The maximum atomic E-state index is 10.7. The van der Waals surface area contributed by atoms with Crippen molar-refractivity contribution < 1.29 is 4.92 Å². The molecule has 2 aromatic rings. The maximum absolute atomic E-state index is 10.7. The van der Waals surface area contributed by atoms with Crippen LogP contribution in [0.4, 0.5) is 5.69 Å². The van der Waals surface area contributed by atoms with Crippen molar-refractivity contribution >= 4 is 5.69 Å². The Morgan fingerprint density at radius 3 is 2.40 bits per heavy atom. The largest absolute Gasteiger partial charge is 0.280 e. The number of hydrogen-bond acceptors (Lipinski definition) is 4. The van der Waals surface area contributed by atoms with Gasteiger partial charge in [0.05, 0.1) is 10.5 Å². The van der Waals surface area contributed by atoms with Crippen LogP contribution in [0, 0.1) is 10.1 Å². The fraction of sp³-hybridized carbons (Fsp3) is 0. The molecule has 0 saturated carbocycles. The molecule has 0 amide bonds. The highest BCUT2D eigenvalue weighted by atomic mass is 16.6. The van der Waals surface area contributed by atoms with Crippen molar-refractivity contribution in [1.29, 1.82) is 0 Å². The van der Waals surface area contributed by atoms with E-state index in [1.165, 1.54) is 6.07 Å². The fourth-order valence-corrected chi connectivity index (χ4v) is 1.26. The van der Waals surface area contributed by atoms with Crippen LogP contribution in [0.25, 0.3) is 11.4 Å². The zero-order valence-electron chi connectivity index (χ0n) is 7.70. The molecule has 0 aliphatic heterocycles. The van der Waals surface area contributed by atoms with Crippen LogP contribution in [0.1, 0.15) is 0 Å².